The van der Waals surface area contributed by atoms with Gasteiger partial charge < -0.3 is 0 Å². The lowest BCUT2D eigenvalue weighted by atomic mass is 10.1. The fourth-order valence-electron chi connectivity index (χ4n) is 1.54. The van der Waals surface area contributed by atoms with Crippen LogP contribution in [0.25, 0.3) is 6.20 Å². The molecule has 1 heterocycles. The minimum atomic E-state index is -0.601. The number of halogens is 2. The monoisotopic (exact) mass is 276 g/mol. The molecule has 0 bridgehead atoms. The Morgan fingerprint density at radius 3 is 2.24 bits per heavy atom. The van der Waals surface area contributed by atoms with Gasteiger partial charge in [0.15, 0.2) is 0 Å². The van der Waals surface area contributed by atoms with E-state index in [1.807, 2.05) is 0 Å². The van der Waals surface area contributed by atoms with E-state index in [4.69, 9.17) is 23.2 Å². The van der Waals surface area contributed by atoms with Crippen LogP contribution < -0.4 is 11.2 Å². The van der Waals surface area contributed by atoms with Gasteiger partial charge in [0.05, 0.1) is 0 Å². The number of nitrogens with zero attached hydrogens (tertiary/aromatic N) is 2. The van der Waals surface area contributed by atoms with Crippen LogP contribution in [0.3, 0.4) is 0 Å². The fraction of sp³-hybridized carbons (Fsp3) is 0.455. The van der Waals surface area contributed by atoms with Gasteiger partial charge in [0.2, 0.25) is 0 Å². The third kappa shape index (κ3) is 3.01. The Bertz CT molecular complexity index is 573. The van der Waals surface area contributed by atoms with Gasteiger partial charge in [-0.3, -0.25) is 13.9 Å². The zero-order chi connectivity index (χ0) is 13.4. The summed E-state index contributed by atoms with van der Waals surface area (Å²) in [6.45, 7) is 6.98. The standard InChI is InChI=1S/C11H14Cl2N2O2/c1-7-5-9(16)15(11(2,3)4)10(17)14(7)6-8(12)13/h5-6H,1-4H3. The summed E-state index contributed by atoms with van der Waals surface area (Å²) in [5.41, 5.74) is -0.910. The molecule has 0 unspecified atom stereocenters. The van der Waals surface area contributed by atoms with Crippen LogP contribution in [-0.4, -0.2) is 9.13 Å². The summed E-state index contributed by atoms with van der Waals surface area (Å²) in [5, 5.41) is 0. The number of hydrogen-bond donors (Lipinski definition) is 0. The first kappa shape index (κ1) is 14.1. The van der Waals surface area contributed by atoms with Gasteiger partial charge in [-0.25, -0.2) is 4.79 Å². The van der Waals surface area contributed by atoms with E-state index in [2.05, 4.69) is 0 Å². The van der Waals surface area contributed by atoms with Crippen molar-refractivity contribution in [3.8, 4) is 0 Å². The predicted octanol–water partition coefficient (Wildman–Crippen LogP) is 2.31. The smallest absolute Gasteiger partial charge is 0.271 e. The highest BCUT2D eigenvalue weighted by molar-refractivity contribution is 6.57. The number of aromatic nitrogens is 2. The Hall–Kier alpha value is -1.00. The molecule has 0 amide bonds. The predicted molar refractivity (Wildman–Crippen MR) is 70.7 cm³/mol. The summed E-state index contributed by atoms with van der Waals surface area (Å²) in [7, 11) is 0. The summed E-state index contributed by atoms with van der Waals surface area (Å²) in [6.07, 6.45) is 1.28. The van der Waals surface area contributed by atoms with Crippen molar-refractivity contribution in [3.63, 3.8) is 0 Å². The molecule has 1 rings (SSSR count). The van der Waals surface area contributed by atoms with Crippen LogP contribution in [0.2, 0.25) is 0 Å². The van der Waals surface area contributed by atoms with Gasteiger partial charge in [-0.15, -0.1) is 0 Å². The molecule has 4 nitrogen and oxygen atoms in total. The van der Waals surface area contributed by atoms with Crippen LogP contribution in [-0.2, 0) is 5.54 Å². The lowest BCUT2D eigenvalue weighted by Gasteiger charge is -2.22. The topological polar surface area (TPSA) is 44.0 Å². The average molecular weight is 277 g/mol. The Labute approximate surface area is 109 Å². The minimum Gasteiger partial charge on any atom is -0.271 e. The average Bonchev–Trinajstić information content (AvgIpc) is 2.08. The van der Waals surface area contributed by atoms with Crippen LogP contribution in [0.5, 0.6) is 0 Å². The highest BCUT2D eigenvalue weighted by Gasteiger charge is 2.19. The second-order valence-electron chi connectivity index (χ2n) is 4.70. The molecule has 0 fully saturated rings. The molecular formula is C11H14Cl2N2O2. The molecule has 0 spiro atoms. The number of aryl methyl sites for hydroxylation is 1. The molecular weight excluding hydrogens is 263 g/mol. The lowest BCUT2D eigenvalue weighted by Crippen LogP contribution is -2.47. The van der Waals surface area contributed by atoms with Gasteiger partial charge in [0.25, 0.3) is 5.56 Å². The van der Waals surface area contributed by atoms with Crippen molar-refractivity contribution in [1.29, 1.82) is 0 Å². The van der Waals surface area contributed by atoms with E-state index < -0.39 is 11.2 Å². The number of hydrogen-bond acceptors (Lipinski definition) is 2. The van der Waals surface area contributed by atoms with Crippen LogP contribution in [0.15, 0.2) is 20.1 Å². The first-order valence-electron chi connectivity index (χ1n) is 5.03. The van der Waals surface area contributed by atoms with E-state index in [0.29, 0.717) is 5.69 Å². The normalized spacial score (nSPS) is 11.4. The van der Waals surface area contributed by atoms with Gasteiger partial charge in [-0.2, -0.15) is 0 Å². The van der Waals surface area contributed by atoms with Crippen molar-refractivity contribution in [3.05, 3.63) is 37.1 Å². The van der Waals surface area contributed by atoms with E-state index in [1.165, 1.54) is 16.8 Å². The second-order valence-corrected chi connectivity index (χ2v) is 5.71. The van der Waals surface area contributed by atoms with Gasteiger partial charge in [0, 0.05) is 23.5 Å². The van der Waals surface area contributed by atoms with Gasteiger partial charge in [-0.1, -0.05) is 23.2 Å². The fourth-order valence-corrected chi connectivity index (χ4v) is 1.73. The summed E-state index contributed by atoms with van der Waals surface area (Å²) >= 11 is 11.1. The Balaban J connectivity index is 3.74. The molecule has 0 atom stereocenters. The highest BCUT2D eigenvalue weighted by atomic mass is 35.5. The first-order valence-corrected chi connectivity index (χ1v) is 5.78. The van der Waals surface area contributed by atoms with Crippen molar-refractivity contribution in [2.75, 3.05) is 0 Å². The van der Waals surface area contributed by atoms with Crippen molar-refractivity contribution in [2.45, 2.75) is 33.2 Å². The largest absolute Gasteiger partial charge is 0.335 e. The molecule has 0 saturated carbocycles. The molecule has 0 radical (unpaired) electrons. The zero-order valence-corrected chi connectivity index (χ0v) is 11.6. The van der Waals surface area contributed by atoms with Crippen LogP contribution in [0, 0.1) is 6.92 Å². The third-order valence-electron chi connectivity index (χ3n) is 2.23. The first-order chi connectivity index (χ1) is 7.64. The van der Waals surface area contributed by atoms with Gasteiger partial charge in [0.1, 0.15) is 4.49 Å². The molecule has 0 aliphatic carbocycles. The summed E-state index contributed by atoms with van der Waals surface area (Å²) in [5.74, 6) is 0. The molecule has 6 heteroatoms. The zero-order valence-electron chi connectivity index (χ0n) is 10.1. The maximum absolute atomic E-state index is 12.2. The second kappa shape index (κ2) is 4.70. The van der Waals surface area contributed by atoms with Crippen molar-refractivity contribution < 1.29 is 0 Å². The minimum absolute atomic E-state index is 0.0469. The Morgan fingerprint density at radius 1 is 1.29 bits per heavy atom. The quantitative estimate of drug-likeness (QED) is 0.790. The maximum atomic E-state index is 12.2. The lowest BCUT2D eigenvalue weighted by molar-refractivity contribution is 0.362. The van der Waals surface area contributed by atoms with E-state index >= 15 is 0 Å². The SMILES string of the molecule is Cc1cc(=O)n(C(C)(C)C)c(=O)n1C=C(Cl)Cl. The number of rotatable bonds is 1. The molecule has 17 heavy (non-hydrogen) atoms. The summed E-state index contributed by atoms with van der Waals surface area (Å²) < 4.78 is 2.36. The Morgan fingerprint density at radius 2 is 1.82 bits per heavy atom. The van der Waals surface area contributed by atoms with Crippen LogP contribution in [0.1, 0.15) is 26.5 Å². The van der Waals surface area contributed by atoms with E-state index in [0.717, 1.165) is 4.57 Å². The summed E-state index contributed by atoms with van der Waals surface area (Å²) in [6, 6.07) is 1.37. The van der Waals surface area contributed by atoms with Crippen molar-refractivity contribution in [2.24, 2.45) is 0 Å². The Kier molecular flexibility index (Phi) is 3.89. The molecule has 0 N–H and O–H groups in total. The van der Waals surface area contributed by atoms with Gasteiger partial charge in [-0.05, 0) is 27.7 Å². The van der Waals surface area contributed by atoms with Crippen molar-refractivity contribution in [1.82, 2.24) is 9.13 Å². The molecule has 0 saturated heterocycles. The molecule has 1 aromatic rings. The van der Waals surface area contributed by atoms with E-state index in [1.54, 1.807) is 27.7 Å². The van der Waals surface area contributed by atoms with Crippen LogP contribution >= 0.6 is 23.2 Å². The maximum Gasteiger partial charge on any atom is 0.335 e. The summed E-state index contributed by atoms with van der Waals surface area (Å²) in [4.78, 5) is 24.0. The molecule has 1 aromatic heterocycles. The molecule has 0 aromatic carbocycles. The highest BCUT2D eigenvalue weighted by Crippen LogP contribution is 2.10. The van der Waals surface area contributed by atoms with Crippen LogP contribution in [0.4, 0.5) is 0 Å². The van der Waals surface area contributed by atoms with Gasteiger partial charge >= 0.3 is 5.69 Å². The van der Waals surface area contributed by atoms with E-state index in [-0.39, 0.29) is 10.1 Å². The van der Waals surface area contributed by atoms with Crippen molar-refractivity contribution >= 4 is 29.4 Å². The third-order valence-corrected chi connectivity index (χ3v) is 2.42. The van der Waals surface area contributed by atoms with E-state index in [9.17, 15) is 9.59 Å². The molecule has 0 aliphatic rings. The molecule has 0 aliphatic heterocycles. The molecule has 94 valence electrons.